The fraction of sp³-hybridized carbons (Fsp3) is 0.350. The fourth-order valence-corrected chi connectivity index (χ4v) is 4.20. The lowest BCUT2D eigenvalue weighted by atomic mass is 10.1. The summed E-state index contributed by atoms with van der Waals surface area (Å²) in [4.78, 5) is 5.55. The lowest BCUT2D eigenvalue weighted by Gasteiger charge is -2.25. The highest BCUT2D eigenvalue weighted by Crippen LogP contribution is 2.42. The van der Waals surface area contributed by atoms with E-state index in [4.69, 9.17) is 27.2 Å². The van der Waals surface area contributed by atoms with Crippen molar-refractivity contribution in [2.24, 2.45) is 5.11 Å². The summed E-state index contributed by atoms with van der Waals surface area (Å²) in [5.41, 5.74) is 11.7. The molecule has 1 fully saturated rings. The minimum absolute atomic E-state index is 0.213. The van der Waals surface area contributed by atoms with Crippen molar-refractivity contribution in [3.8, 4) is 11.5 Å². The van der Waals surface area contributed by atoms with Gasteiger partial charge in [-0.15, -0.1) is 0 Å². The van der Waals surface area contributed by atoms with E-state index in [1.807, 2.05) is 47.4 Å². The quantitative estimate of drug-likeness (QED) is 0.296. The third-order valence-electron chi connectivity index (χ3n) is 5.11. The van der Waals surface area contributed by atoms with Crippen molar-refractivity contribution in [2.45, 2.75) is 38.0 Å². The molecule has 6 nitrogen and oxygen atoms in total. The number of azide groups is 1. The molecule has 0 spiro atoms. The Hall–Kier alpha value is -2.76. The Morgan fingerprint density at radius 2 is 1.93 bits per heavy atom. The van der Waals surface area contributed by atoms with Gasteiger partial charge in [0.2, 0.25) is 0 Å². The van der Waals surface area contributed by atoms with Gasteiger partial charge in [-0.3, -0.25) is 0 Å². The van der Waals surface area contributed by atoms with Crippen LogP contribution in [0.4, 0.5) is 5.69 Å². The summed E-state index contributed by atoms with van der Waals surface area (Å²) in [6.45, 7) is 0. The summed E-state index contributed by atoms with van der Waals surface area (Å²) in [6, 6.07) is 13.5. The van der Waals surface area contributed by atoms with Gasteiger partial charge in [0, 0.05) is 22.2 Å². The molecule has 1 unspecified atom stereocenters. The molecule has 0 radical (unpaired) electrons. The summed E-state index contributed by atoms with van der Waals surface area (Å²) < 4.78 is 11.7. The van der Waals surface area contributed by atoms with Gasteiger partial charge in [0.15, 0.2) is 11.5 Å². The highest BCUT2D eigenvalue weighted by atomic mass is 32.1. The normalized spacial score (nSPS) is 18.9. The number of anilines is 1. The van der Waals surface area contributed by atoms with E-state index in [0.717, 1.165) is 29.7 Å². The molecule has 1 atom stereocenters. The van der Waals surface area contributed by atoms with Crippen LogP contribution in [0.3, 0.4) is 0 Å². The summed E-state index contributed by atoms with van der Waals surface area (Å²) in [6.07, 6.45) is 4.20. The number of hydrogen-bond acceptors (Lipinski definition) is 4. The number of nitrogens with zero attached hydrogens (tertiary/aromatic N) is 4. The average Bonchev–Trinajstić information content (AvgIpc) is 3.29. The Morgan fingerprint density at radius 3 is 2.67 bits per heavy atom. The molecule has 2 aromatic carbocycles. The number of ether oxygens (including phenoxy) is 2. The first-order chi connectivity index (χ1) is 13.2. The molecule has 0 bridgehead atoms. The number of rotatable bonds is 5. The van der Waals surface area contributed by atoms with Crippen LogP contribution >= 0.6 is 12.2 Å². The lowest BCUT2D eigenvalue weighted by Crippen LogP contribution is -2.26. The number of hydrogen-bond donors (Lipinski definition) is 0. The van der Waals surface area contributed by atoms with Crippen molar-refractivity contribution in [1.29, 1.82) is 0 Å². The smallest absolute Gasteiger partial charge is 0.163 e. The van der Waals surface area contributed by atoms with Crippen LogP contribution in [0.25, 0.3) is 10.4 Å². The minimum Gasteiger partial charge on any atom is -0.493 e. The Kier molecular flexibility index (Phi) is 4.88. The number of fused-ring (bicyclic) bond motifs is 1. The topological polar surface area (TPSA) is 70.5 Å². The van der Waals surface area contributed by atoms with E-state index >= 15 is 0 Å². The van der Waals surface area contributed by atoms with Crippen LogP contribution in [0, 0.1) is 0 Å². The van der Waals surface area contributed by atoms with Crippen molar-refractivity contribution >= 4 is 22.9 Å². The van der Waals surface area contributed by atoms with Crippen molar-refractivity contribution in [3.63, 3.8) is 0 Å². The largest absolute Gasteiger partial charge is 0.493 e. The van der Waals surface area contributed by atoms with Gasteiger partial charge in [-0.25, -0.2) is 0 Å². The van der Waals surface area contributed by atoms with E-state index in [9.17, 15) is 0 Å². The lowest BCUT2D eigenvalue weighted by molar-refractivity contribution is 0.201. The second-order valence-corrected chi connectivity index (χ2v) is 7.09. The van der Waals surface area contributed by atoms with Crippen LogP contribution in [-0.4, -0.2) is 18.2 Å². The van der Waals surface area contributed by atoms with Crippen molar-refractivity contribution in [3.05, 3.63) is 64.0 Å². The molecule has 1 saturated carbocycles. The number of thiocarbonyl (C=S) groups is 1. The molecule has 7 heteroatoms. The molecule has 138 valence electrons. The number of benzene rings is 2. The zero-order chi connectivity index (χ0) is 18.8. The van der Waals surface area contributed by atoms with E-state index in [2.05, 4.69) is 10.0 Å². The molecule has 0 saturated heterocycles. The zero-order valence-corrected chi connectivity index (χ0v) is 15.9. The van der Waals surface area contributed by atoms with E-state index in [1.54, 1.807) is 7.11 Å². The van der Waals surface area contributed by atoms with Gasteiger partial charge in [-0.2, -0.15) is 0 Å². The Balaban J connectivity index is 1.73. The van der Waals surface area contributed by atoms with Gasteiger partial charge >= 0.3 is 0 Å². The Morgan fingerprint density at radius 1 is 1.15 bits per heavy atom. The maximum absolute atomic E-state index is 9.07. The van der Waals surface area contributed by atoms with Crippen LogP contribution in [0.1, 0.15) is 43.0 Å². The molecule has 1 heterocycles. The monoisotopic (exact) mass is 380 g/mol. The summed E-state index contributed by atoms with van der Waals surface area (Å²) >= 11 is 5.69. The second-order valence-electron chi connectivity index (χ2n) is 6.70. The summed E-state index contributed by atoms with van der Waals surface area (Å²) in [5, 5.41) is 4.00. The van der Waals surface area contributed by atoms with E-state index in [1.165, 1.54) is 12.8 Å². The van der Waals surface area contributed by atoms with Gasteiger partial charge in [0.25, 0.3) is 0 Å². The molecule has 2 aliphatic rings. The molecular weight excluding hydrogens is 360 g/mol. The second kappa shape index (κ2) is 7.47. The van der Waals surface area contributed by atoms with Crippen LogP contribution in [0.5, 0.6) is 11.5 Å². The van der Waals surface area contributed by atoms with E-state index < -0.39 is 6.17 Å². The molecule has 1 aliphatic heterocycles. The van der Waals surface area contributed by atoms with Crippen molar-refractivity contribution in [1.82, 2.24) is 0 Å². The molecule has 0 aromatic heterocycles. The van der Waals surface area contributed by atoms with E-state index in [-0.39, 0.29) is 6.10 Å². The Labute approximate surface area is 163 Å². The third kappa shape index (κ3) is 3.20. The minimum atomic E-state index is -0.508. The summed E-state index contributed by atoms with van der Waals surface area (Å²) in [5.74, 6) is 1.38. The molecule has 0 N–H and O–H groups in total. The SMILES string of the molecule is COc1ccc(N2C(=S)c3ccccc3C2N=[N+]=[N-])cc1OC1CCCC1. The standard InChI is InChI=1S/C20H20N4O2S/c1-25-17-11-10-13(12-18(17)26-14-6-2-3-7-14)24-19(22-23-21)15-8-4-5-9-16(15)20(24)27/h4-5,8-12,14,19H,2-3,6-7H2,1H3. The van der Waals surface area contributed by atoms with Crippen LogP contribution < -0.4 is 14.4 Å². The van der Waals surface area contributed by atoms with Crippen LogP contribution in [0.15, 0.2) is 47.6 Å². The summed E-state index contributed by atoms with van der Waals surface area (Å²) in [7, 11) is 1.63. The van der Waals surface area contributed by atoms with E-state index in [0.29, 0.717) is 16.5 Å². The molecule has 27 heavy (non-hydrogen) atoms. The highest BCUT2D eigenvalue weighted by molar-refractivity contribution is 7.81. The average molecular weight is 380 g/mol. The first-order valence-corrected chi connectivity index (χ1v) is 9.45. The van der Waals surface area contributed by atoms with Gasteiger partial charge in [0.1, 0.15) is 11.2 Å². The maximum Gasteiger partial charge on any atom is 0.163 e. The predicted octanol–water partition coefficient (Wildman–Crippen LogP) is 5.52. The number of methoxy groups -OCH3 is 1. The van der Waals surface area contributed by atoms with Crippen LogP contribution in [0.2, 0.25) is 0 Å². The molecule has 0 amide bonds. The van der Waals surface area contributed by atoms with Gasteiger partial charge in [0.05, 0.1) is 13.2 Å². The highest BCUT2D eigenvalue weighted by Gasteiger charge is 2.34. The first kappa shape index (κ1) is 17.6. The third-order valence-corrected chi connectivity index (χ3v) is 5.53. The van der Waals surface area contributed by atoms with Crippen molar-refractivity contribution in [2.75, 3.05) is 12.0 Å². The molecular formula is C20H20N4O2S. The van der Waals surface area contributed by atoms with Gasteiger partial charge < -0.3 is 14.4 Å². The first-order valence-electron chi connectivity index (χ1n) is 9.04. The predicted molar refractivity (Wildman–Crippen MR) is 108 cm³/mol. The maximum atomic E-state index is 9.07. The van der Waals surface area contributed by atoms with Gasteiger partial charge in [-0.05, 0) is 48.9 Å². The molecule has 2 aromatic rings. The van der Waals surface area contributed by atoms with Gasteiger partial charge in [-0.1, -0.05) is 41.6 Å². The fourth-order valence-electron chi connectivity index (χ4n) is 3.81. The molecule has 4 rings (SSSR count). The zero-order valence-electron chi connectivity index (χ0n) is 15.0. The molecule has 1 aliphatic carbocycles. The van der Waals surface area contributed by atoms with Crippen LogP contribution in [-0.2, 0) is 0 Å². The Bertz CT molecular complexity index is 920. The van der Waals surface area contributed by atoms with Crippen molar-refractivity contribution < 1.29 is 9.47 Å².